The smallest absolute Gasteiger partial charge is 0.230 e. The van der Waals surface area contributed by atoms with Crippen molar-refractivity contribution in [3.05, 3.63) is 35.4 Å². The van der Waals surface area contributed by atoms with Gasteiger partial charge in [0, 0.05) is 26.2 Å². The summed E-state index contributed by atoms with van der Waals surface area (Å²) in [5.41, 5.74) is 7.52. The van der Waals surface area contributed by atoms with E-state index in [9.17, 15) is 4.79 Å². The van der Waals surface area contributed by atoms with E-state index in [2.05, 4.69) is 10.6 Å². The molecular weight excluding hydrogens is 266 g/mol. The number of ether oxygens (including phenoxy) is 1. The van der Waals surface area contributed by atoms with Crippen LogP contribution < -0.4 is 16.4 Å². The highest BCUT2D eigenvalue weighted by Crippen LogP contribution is 2.37. The Labute approximate surface area is 125 Å². The second-order valence-electron chi connectivity index (χ2n) is 5.98. The summed E-state index contributed by atoms with van der Waals surface area (Å²) < 4.78 is 5.58. The lowest BCUT2D eigenvalue weighted by Gasteiger charge is -2.36. The molecule has 2 atom stereocenters. The van der Waals surface area contributed by atoms with Gasteiger partial charge in [-0.15, -0.1) is 0 Å². The Hall–Kier alpha value is -1.43. The molecule has 0 aliphatic carbocycles. The van der Waals surface area contributed by atoms with Gasteiger partial charge in [0.15, 0.2) is 0 Å². The summed E-state index contributed by atoms with van der Waals surface area (Å²) in [4.78, 5) is 12.7. The average Bonchev–Trinajstić information content (AvgIpc) is 2.98. The van der Waals surface area contributed by atoms with Crippen LogP contribution in [0, 0.1) is 11.3 Å². The van der Waals surface area contributed by atoms with E-state index < -0.39 is 5.41 Å². The van der Waals surface area contributed by atoms with E-state index in [1.165, 1.54) is 0 Å². The zero-order chi connectivity index (χ0) is 14.7. The number of carbonyl (C=O) groups excluding carboxylic acids is 1. The van der Waals surface area contributed by atoms with Crippen LogP contribution in [0.15, 0.2) is 24.3 Å². The van der Waals surface area contributed by atoms with E-state index in [0.717, 1.165) is 30.7 Å². The van der Waals surface area contributed by atoms with E-state index in [0.29, 0.717) is 32.2 Å². The first-order valence-corrected chi connectivity index (χ1v) is 7.60. The van der Waals surface area contributed by atoms with Gasteiger partial charge in [-0.25, -0.2) is 0 Å². The fourth-order valence-electron chi connectivity index (χ4n) is 3.45. The van der Waals surface area contributed by atoms with Crippen LogP contribution >= 0.6 is 0 Å². The molecule has 114 valence electrons. The zero-order valence-corrected chi connectivity index (χ0v) is 12.2. The third kappa shape index (κ3) is 2.69. The molecule has 2 heterocycles. The normalized spacial score (nSPS) is 28.1. The maximum absolute atomic E-state index is 12.7. The molecule has 2 aliphatic heterocycles. The molecule has 0 bridgehead atoms. The Morgan fingerprint density at radius 3 is 3.05 bits per heavy atom. The lowest BCUT2D eigenvalue weighted by atomic mass is 9.75. The van der Waals surface area contributed by atoms with Crippen molar-refractivity contribution in [2.24, 2.45) is 17.1 Å². The SMILES string of the molecule is NCc1ccccc1CNC(=O)[C@]12CNC[C@H]1CCOC2. The minimum atomic E-state index is -0.393. The van der Waals surface area contributed by atoms with E-state index in [1.54, 1.807) is 0 Å². The van der Waals surface area contributed by atoms with Gasteiger partial charge in [0.2, 0.25) is 5.91 Å². The van der Waals surface area contributed by atoms with E-state index in [4.69, 9.17) is 10.5 Å². The first kappa shape index (κ1) is 14.5. The summed E-state index contributed by atoms with van der Waals surface area (Å²) in [6.45, 7) is 3.93. The Kier molecular flexibility index (Phi) is 4.24. The first-order valence-electron chi connectivity index (χ1n) is 7.60. The molecule has 5 heteroatoms. The standard InChI is InChI=1S/C16H23N3O2/c17-7-12-3-1-2-4-13(12)8-19-15(20)16-10-18-9-14(16)5-6-21-11-16/h1-4,14,18H,5-11,17H2,(H,19,20)/t14-,16+/m1/s1. The lowest BCUT2D eigenvalue weighted by molar-refractivity contribution is -0.141. The van der Waals surface area contributed by atoms with Crippen molar-refractivity contribution in [2.45, 2.75) is 19.5 Å². The molecule has 1 amide bonds. The molecule has 1 aromatic carbocycles. The predicted molar refractivity (Wildman–Crippen MR) is 80.4 cm³/mol. The number of benzene rings is 1. The van der Waals surface area contributed by atoms with Gasteiger partial charge >= 0.3 is 0 Å². The zero-order valence-electron chi connectivity index (χ0n) is 12.2. The van der Waals surface area contributed by atoms with Crippen LogP contribution in [-0.4, -0.2) is 32.2 Å². The largest absolute Gasteiger partial charge is 0.380 e. The molecule has 4 N–H and O–H groups in total. The van der Waals surface area contributed by atoms with E-state index in [1.807, 2.05) is 24.3 Å². The Morgan fingerprint density at radius 2 is 2.24 bits per heavy atom. The number of hydrogen-bond acceptors (Lipinski definition) is 4. The van der Waals surface area contributed by atoms with Crippen molar-refractivity contribution in [3.63, 3.8) is 0 Å². The van der Waals surface area contributed by atoms with Gasteiger partial charge in [0.1, 0.15) is 0 Å². The van der Waals surface area contributed by atoms with Crippen molar-refractivity contribution in [2.75, 3.05) is 26.3 Å². The van der Waals surface area contributed by atoms with Crippen LogP contribution in [-0.2, 0) is 22.6 Å². The van der Waals surface area contributed by atoms with Crippen LogP contribution in [0.4, 0.5) is 0 Å². The Morgan fingerprint density at radius 1 is 1.43 bits per heavy atom. The highest BCUT2D eigenvalue weighted by atomic mass is 16.5. The molecule has 2 fully saturated rings. The molecule has 3 rings (SSSR count). The molecule has 21 heavy (non-hydrogen) atoms. The van der Waals surface area contributed by atoms with Crippen LogP contribution in [0.3, 0.4) is 0 Å². The third-order valence-electron chi connectivity index (χ3n) is 4.81. The van der Waals surface area contributed by atoms with Crippen molar-refractivity contribution >= 4 is 5.91 Å². The fourth-order valence-corrected chi connectivity index (χ4v) is 3.45. The average molecular weight is 289 g/mol. The van der Waals surface area contributed by atoms with Crippen molar-refractivity contribution in [1.82, 2.24) is 10.6 Å². The molecule has 1 aromatic rings. The quantitative estimate of drug-likeness (QED) is 0.749. The molecule has 0 radical (unpaired) electrons. The van der Waals surface area contributed by atoms with Crippen LogP contribution in [0.5, 0.6) is 0 Å². The van der Waals surface area contributed by atoms with Gasteiger partial charge in [-0.2, -0.15) is 0 Å². The van der Waals surface area contributed by atoms with Crippen LogP contribution in [0.1, 0.15) is 17.5 Å². The van der Waals surface area contributed by atoms with E-state index >= 15 is 0 Å². The highest BCUT2D eigenvalue weighted by molar-refractivity contribution is 5.84. The molecule has 0 unspecified atom stereocenters. The number of nitrogens with one attached hydrogen (secondary N) is 2. The van der Waals surface area contributed by atoms with Gasteiger partial charge in [-0.05, 0) is 30.0 Å². The summed E-state index contributed by atoms with van der Waals surface area (Å²) in [5.74, 6) is 0.486. The lowest BCUT2D eigenvalue weighted by Crippen LogP contribution is -2.51. The topological polar surface area (TPSA) is 76.4 Å². The van der Waals surface area contributed by atoms with Crippen molar-refractivity contribution in [3.8, 4) is 0 Å². The van der Waals surface area contributed by atoms with Crippen molar-refractivity contribution < 1.29 is 9.53 Å². The number of rotatable bonds is 4. The maximum Gasteiger partial charge on any atom is 0.230 e. The van der Waals surface area contributed by atoms with Gasteiger partial charge in [-0.1, -0.05) is 24.3 Å². The number of carbonyl (C=O) groups is 1. The Balaban J connectivity index is 1.68. The summed E-state index contributed by atoms with van der Waals surface area (Å²) in [5, 5.41) is 6.44. The number of amides is 1. The van der Waals surface area contributed by atoms with Gasteiger partial charge in [0.05, 0.1) is 12.0 Å². The first-order chi connectivity index (χ1) is 10.3. The molecule has 2 saturated heterocycles. The molecule has 2 aliphatic rings. The minimum absolute atomic E-state index is 0.101. The monoisotopic (exact) mass is 289 g/mol. The molecule has 0 aromatic heterocycles. The summed E-state index contributed by atoms with van der Waals surface area (Å²) in [6.07, 6.45) is 0.958. The Bertz CT molecular complexity index is 520. The molecule has 0 spiro atoms. The molecular formula is C16H23N3O2. The van der Waals surface area contributed by atoms with Gasteiger partial charge in [-0.3, -0.25) is 4.79 Å². The number of hydrogen-bond donors (Lipinski definition) is 3. The van der Waals surface area contributed by atoms with Crippen LogP contribution in [0.2, 0.25) is 0 Å². The third-order valence-corrected chi connectivity index (χ3v) is 4.81. The van der Waals surface area contributed by atoms with Gasteiger partial charge in [0.25, 0.3) is 0 Å². The maximum atomic E-state index is 12.7. The number of fused-ring (bicyclic) bond motifs is 1. The summed E-state index contributed by atoms with van der Waals surface area (Å²) in [7, 11) is 0. The second-order valence-corrected chi connectivity index (χ2v) is 5.98. The van der Waals surface area contributed by atoms with Gasteiger partial charge < -0.3 is 21.1 Å². The molecule has 5 nitrogen and oxygen atoms in total. The predicted octanol–water partition coefficient (Wildman–Crippen LogP) is 0.388. The van der Waals surface area contributed by atoms with Crippen molar-refractivity contribution in [1.29, 1.82) is 0 Å². The minimum Gasteiger partial charge on any atom is -0.380 e. The summed E-state index contributed by atoms with van der Waals surface area (Å²) in [6, 6.07) is 7.96. The summed E-state index contributed by atoms with van der Waals surface area (Å²) >= 11 is 0. The van der Waals surface area contributed by atoms with Crippen LogP contribution in [0.25, 0.3) is 0 Å². The molecule has 0 saturated carbocycles. The highest BCUT2D eigenvalue weighted by Gasteiger charge is 2.50. The fraction of sp³-hybridized carbons (Fsp3) is 0.562. The van der Waals surface area contributed by atoms with E-state index in [-0.39, 0.29) is 5.91 Å². The second kappa shape index (κ2) is 6.13. The number of nitrogens with two attached hydrogens (primary N) is 1.